The fourth-order valence-corrected chi connectivity index (χ4v) is 4.59. The fraction of sp³-hybridized carbons (Fsp3) is 0.290. The topological polar surface area (TPSA) is 69.3 Å². The normalized spacial score (nSPS) is 13.9. The summed E-state index contributed by atoms with van der Waals surface area (Å²) in [5.41, 5.74) is 4.23. The average molecular weight is 547 g/mol. The minimum absolute atomic E-state index is 0.163. The molecule has 3 aromatic rings. The summed E-state index contributed by atoms with van der Waals surface area (Å²) in [6.45, 7) is 7.77. The smallest absolute Gasteiger partial charge is 0.276 e. The Morgan fingerprint density at radius 1 is 0.897 bits per heavy atom. The molecule has 8 heteroatoms. The summed E-state index contributed by atoms with van der Waals surface area (Å²) in [4.78, 5) is 14.8. The number of ether oxygens (including phenoxy) is 4. The standard InChI is InChI=1S/C31H34N2O5S/c1-5-36-28-14-11-22(19-29(28)37-6-2)15-16-33-30(34)25(32-31(33)39)18-23-12-13-27(35-4)24(17-23)20-38-26-10-8-7-9-21(26)3/h7-14,17-19H,5-6,15-16,20H2,1-4H3,(H,32,39)/b25-18+. The van der Waals surface area contributed by atoms with Crippen LogP contribution in [0.1, 0.15) is 36.1 Å². The Morgan fingerprint density at radius 3 is 2.38 bits per heavy atom. The number of thiocarbonyl (C=S) groups is 1. The van der Waals surface area contributed by atoms with Gasteiger partial charge in [0.2, 0.25) is 0 Å². The number of para-hydroxylation sites is 1. The van der Waals surface area contributed by atoms with Gasteiger partial charge in [0.05, 0.1) is 20.3 Å². The molecular formula is C31H34N2O5S. The van der Waals surface area contributed by atoms with E-state index in [2.05, 4.69) is 5.32 Å². The van der Waals surface area contributed by atoms with Crippen LogP contribution in [0.3, 0.4) is 0 Å². The maximum Gasteiger partial charge on any atom is 0.276 e. The third kappa shape index (κ3) is 6.89. The van der Waals surface area contributed by atoms with E-state index in [1.54, 1.807) is 18.1 Å². The van der Waals surface area contributed by atoms with Gasteiger partial charge in [-0.1, -0.05) is 30.3 Å². The molecule has 1 amide bonds. The molecule has 7 nitrogen and oxygen atoms in total. The number of amides is 1. The summed E-state index contributed by atoms with van der Waals surface area (Å²) < 4.78 is 22.9. The summed E-state index contributed by atoms with van der Waals surface area (Å²) in [6, 6.07) is 19.5. The molecule has 3 aromatic carbocycles. The molecule has 0 spiro atoms. The Labute approximate surface area is 235 Å². The molecule has 1 heterocycles. The number of nitrogens with one attached hydrogen (secondary N) is 1. The van der Waals surface area contributed by atoms with Gasteiger partial charge in [0.1, 0.15) is 23.8 Å². The number of rotatable bonds is 12. The van der Waals surface area contributed by atoms with Crippen molar-refractivity contribution in [2.75, 3.05) is 26.9 Å². The van der Waals surface area contributed by atoms with E-state index in [-0.39, 0.29) is 5.91 Å². The number of carbonyl (C=O) groups excluding carboxylic acids is 1. The lowest BCUT2D eigenvalue weighted by atomic mass is 10.1. The van der Waals surface area contributed by atoms with Gasteiger partial charge < -0.3 is 24.3 Å². The van der Waals surface area contributed by atoms with E-state index < -0.39 is 0 Å². The third-order valence-corrected chi connectivity index (χ3v) is 6.61. The monoisotopic (exact) mass is 546 g/mol. The van der Waals surface area contributed by atoms with Crippen molar-refractivity contribution in [2.24, 2.45) is 0 Å². The second-order valence-corrected chi connectivity index (χ2v) is 9.35. The van der Waals surface area contributed by atoms with Crippen molar-refractivity contribution in [3.8, 4) is 23.0 Å². The first-order valence-corrected chi connectivity index (χ1v) is 13.4. The van der Waals surface area contributed by atoms with Gasteiger partial charge in [-0.05, 0) is 92.5 Å². The average Bonchev–Trinajstić information content (AvgIpc) is 3.20. The molecule has 4 rings (SSSR count). The van der Waals surface area contributed by atoms with Gasteiger partial charge in [0.25, 0.3) is 5.91 Å². The van der Waals surface area contributed by atoms with Crippen LogP contribution < -0.4 is 24.3 Å². The van der Waals surface area contributed by atoms with Crippen LogP contribution in [-0.4, -0.2) is 42.8 Å². The molecule has 0 saturated carbocycles. The first kappa shape index (κ1) is 28.0. The molecule has 1 saturated heterocycles. The van der Waals surface area contributed by atoms with Crippen LogP contribution in [0.25, 0.3) is 6.08 Å². The SMILES string of the molecule is CCOc1ccc(CCN2C(=O)/C(=C\c3ccc(OC)c(COc4ccccc4C)c3)NC2=S)cc1OCC. The molecule has 1 aliphatic rings. The highest BCUT2D eigenvalue weighted by Crippen LogP contribution is 2.29. The summed E-state index contributed by atoms with van der Waals surface area (Å²) in [6.07, 6.45) is 2.42. The van der Waals surface area contributed by atoms with E-state index in [1.165, 1.54) is 0 Å². The van der Waals surface area contributed by atoms with Crippen LogP contribution in [0, 0.1) is 6.92 Å². The van der Waals surface area contributed by atoms with Crippen molar-refractivity contribution in [1.29, 1.82) is 0 Å². The van der Waals surface area contributed by atoms with Crippen LogP contribution in [-0.2, 0) is 17.8 Å². The predicted octanol–water partition coefficient (Wildman–Crippen LogP) is 5.68. The second-order valence-electron chi connectivity index (χ2n) is 8.97. The Morgan fingerprint density at radius 2 is 1.64 bits per heavy atom. The lowest BCUT2D eigenvalue weighted by Gasteiger charge is -2.16. The van der Waals surface area contributed by atoms with E-state index in [4.69, 9.17) is 31.2 Å². The molecule has 1 fully saturated rings. The van der Waals surface area contributed by atoms with Crippen molar-refractivity contribution >= 4 is 29.3 Å². The molecule has 0 radical (unpaired) electrons. The van der Waals surface area contributed by atoms with Crippen LogP contribution in [0.15, 0.2) is 66.4 Å². The van der Waals surface area contributed by atoms with Crippen LogP contribution in [0.2, 0.25) is 0 Å². The maximum absolute atomic E-state index is 13.2. The minimum Gasteiger partial charge on any atom is -0.496 e. The quantitative estimate of drug-likeness (QED) is 0.232. The molecule has 1 N–H and O–H groups in total. The Kier molecular flexibility index (Phi) is 9.44. The molecular weight excluding hydrogens is 512 g/mol. The highest BCUT2D eigenvalue weighted by atomic mass is 32.1. The second kappa shape index (κ2) is 13.2. The van der Waals surface area contributed by atoms with Crippen molar-refractivity contribution in [2.45, 2.75) is 33.8 Å². The summed E-state index contributed by atoms with van der Waals surface area (Å²) in [5, 5.41) is 3.46. The molecule has 204 valence electrons. The van der Waals surface area contributed by atoms with E-state index in [1.807, 2.05) is 81.4 Å². The van der Waals surface area contributed by atoms with Gasteiger partial charge in [-0.3, -0.25) is 9.69 Å². The lowest BCUT2D eigenvalue weighted by molar-refractivity contribution is -0.122. The summed E-state index contributed by atoms with van der Waals surface area (Å²) in [5.74, 6) is 2.79. The molecule has 1 aliphatic heterocycles. The summed E-state index contributed by atoms with van der Waals surface area (Å²) >= 11 is 5.49. The summed E-state index contributed by atoms with van der Waals surface area (Å²) in [7, 11) is 1.63. The number of benzene rings is 3. The molecule has 0 bridgehead atoms. The number of aryl methyl sites for hydroxylation is 1. The molecule has 0 aliphatic carbocycles. The Hall–Kier alpha value is -4.04. The van der Waals surface area contributed by atoms with Gasteiger partial charge in [-0.2, -0.15) is 0 Å². The number of hydrogen-bond acceptors (Lipinski definition) is 6. The van der Waals surface area contributed by atoms with Crippen molar-refractivity contribution in [3.05, 3.63) is 88.6 Å². The molecule has 0 atom stereocenters. The van der Waals surface area contributed by atoms with Gasteiger partial charge in [0, 0.05) is 12.1 Å². The maximum atomic E-state index is 13.2. The van der Waals surface area contributed by atoms with Crippen LogP contribution >= 0.6 is 12.2 Å². The zero-order chi connectivity index (χ0) is 27.8. The van der Waals surface area contributed by atoms with Gasteiger partial charge in [0.15, 0.2) is 16.6 Å². The highest BCUT2D eigenvalue weighted by Gasteiger charge is 2.30. The van der Waals surface area contributed by atoms with Crippen LogP contribution in [0.4, 0.5) is 0 Å². The largest absolute Gasteiger partial charge is 0.496 e. The fourth-order valence-electron chi connectivity index (χ4n) is 4.31. The molecule has 0 unspecified atom stereocenters. The predicted molar refractivity (Wildman–Crippen MR) is 156 cm³/mol. The van der Waals surface area contributed by atoms with Gasteiger partial charge in [-0.15, -0.1) is 0 Å². The number of methoxy groups -OCH3 is 1. The zero-order valence-corrected chi connectivity index (χ0v) is 23.6. The number of hydrogen-bond donors (Lipinski definition) is 1. The molecule has 39 heavy (non-hydrogen) atoms. The van der Waals surface area contributed by atoms with E-state index in [0.29, 0.717) is 55.1 Å². The Balaban J connectivity index is 1.45. The lowest BCUT2D eigenvalue weighted by Crippen LogP contribution is -2.32. The molecule has 0 aromatic heterocycles. The van der Waals surface area contributed by atoms with Crippen molar-refractivity contribution < 1.29 is 23.7 Å². The van der Waals surface area contributed by atoms with E-state index in [0.717, 1.165) is 33.8 Å². The van der Waals surface area contributed by atoms with E-state index >= 15 is 0 Å². The van der Waals surface area contributed by atoms with Crippen molar-refractivity contribution in [3.63, 3.8) is 0 Å². The highest BCUT2D eigenvalue weighted by molar-refractivity contribution is 7.80. The van der Waals surface area contributed by atoms with Gasteiger partial charge >= 0.3 is 0 Å². The van der Waals surface area contributed by atoms with Crippen LogP contribution in [0.5, 0.6) is 23.0 Å². The third-order valence-electron chi connectivity index (χ3n) is 6.29. The first-order valence-electron chi connectivity index (χ1n) is 13.0. The first-order chi connectivity index (χ1) is 18.9. The van der Waals surface area contributed by atoms with Crippen molar-refractivity contribution in [1.82, 2.24) is 10.2 Å². The minimum atomic E-state index is -0.163. The Bertz CT molecular complexity index is 1370. The van der Waals surface area contributed by atoms with E-state index in [9.17, 15) is 4.79 Å². The number of nitrogens with zero attached hydrogens (tertiary/aromatic N) is 1. The number of carbonyl (C=O) groups is 1. The zero-order valence-electron chi connectivity index (χ0n) is 22.8. The van der Waals surface area contributed by atoms with Gasteiger partial charge in [-0.25, -0.2) is 0 Å².